The van der Waals surface area contributed by atoms with E-state index in [4.69, 9.17) is 0 Å². The molecule has 0 radical (unpaired) electrons. The highest BCUT2D eigenvalue weighted by molar-refractivity contribution is 6.08. The average Bonchev–Trinajstić information content (AvgIpc) is 2.98. The van der Waals surface area contributed by atoms with E-state index in [0.29, 0.717) is 0 Å². The number of hydrogen-bond acceptors (Lipinski definition) is 1. The largest absolute Gasteiger partial charge is 0.312 e. The lowest BCUT2D eigenvalue weighted by Crippen LogP contribution is -2.02. The molecule has 0 aromatic heterocycles. The van der Waals surface area contributed by atoms with Crippen molar-refractivity contribution in [3.8, 4) is 0 Å². The Morgan fingerprint density at radius 3 is 1.85 bits per heavy atom. The lowest BCUT2D eigenvalue weighted by Gasteiger charge is -2.18. The van der Waals surface area contributed by atoms with E-state index in [0.717, 1.165) is 6.42 Å². The Hall–Kier alpha value is -3.94. The SMILES string of the molecule is CN(C)C.c1ccc(Cc2cccc3ccccc23)cc1.c1ccc2c(c1)ccc1c3c(ccc12)CCCC3. The maximum atomic E-state index is 2.35. The Kier molecular flexibility index (Phi) is 8.71. The number of nitrogens with zero attached hydrogens (tertiary/aromatic N) is 1. The highest BCUT2D eigenvalue weighted by Crippen LogP contribution is 2.33. The zero-order valence-corrected chi connectivity index (χ0v) is 23.5. The molecular weight excluding hydrogens is 470 g/mol. The molecule has 1 aliphatic carbocycles. The summed E-state index contributed by atoms with van der Waals surface area (Å²) in [5.74, 6) is 0. The van der Waals surface area contributed by atoms with Crippen LogP contribution < -0.4 is 0 Å². The fourth-order valence-corrected chi connectivity index (χ4v) is 5.60. The number of hydrogen-bond donors (Lipinski definition) is 0. The third kappa shape index (κ3) is 6.56. The van der Waals surface area contributed by atoms with Crippen LogP contribution >= 0.6 is 0 Å². The normalized spacial score (nSPS) is 12.4. The molecule has 0 aliphatic heterocycles. The van der Waals surface area contributed by atoms with Crippen LogP contribution in [0.15, 0.2) is 121 Å². The molecule has 0 N–H and O–H groups in total. The van der Waals surface area contributed by atoms with Crippen molar-refractivity contribution in [1.29, 1.82) is 0 Å². The quantitative estimate of drug-likeness (QED) is 0.210. The summed E-state index contributed by atoms with van der Waals surface area (Å²) >= 11 is 0. The first kappa shape index (κ1) is 26.7. The summed E-state index contributed by atoms with van der Waals surface area (Å²) in [4.78, 5) is 2.00. The molecule has 0 saturated carbocycles. The second kappa shape index (κ2) is 12.7. The van der Waals surface area contributed by atoms with Gasteiger partial charge in [0.25, 0.3) is 0 Å². The van der Waals surface area contributed by atoms with Gasteiger partial charge in [-0.2, -0.15) is 0 Å². The standard InChI is InChI=1S/C18H16.C17H14.C3H9N/c1-3-7-15-13(5-1)9-11-18-16-8-4-2-6-14(16)10-12-17(15)18;1-2-7-14(8-3-1)13-16-11-6-10-15-9-4-5-12-17(15)16;1-4(2)3/h1,3,5,7,9-12H,2,4,6,8H2;1-12H,13H2;1-3H3. The first-order chi connectivity index (χ1) is 19.1. The molecule has 6 aromatic rings. The average molecular weight is 510 g/mol. The maximum Gasteiger partial charge on any atom is -0.00196 e. The van der Waals surface area contributed by atoms with Gasteiger partial charge in [-0.25, -0.2) is 0 Å². The molecule has 0 fully saturated rings. The minimum Gasteiger partial charge on any atom is -0.312 e. The van der Waals surface area contributed by atoms with Gasteiger partial charge in [-0.05, 0) is 108 Å². The van der Waals surface area contributed by atoms with Crippen molar-refractivity contribution in [2.75, 3.05) is 21.1 Å². The summed E-state index contributed by atoms with van der Waals surface area (Å²) in [6.45, 7) is 0. The van der Waals surface area contributed by atoms with Gasteiger partial charge >= 0.3 is 0 Å². The third-order valence-electron chi connectivity index (χ3n) is 7.37. The van der Waals surface area contributed by atoms with E-state index in [-0.39, 0.29) is 0 Å². The molecular formula is C38H39N. The van der Waals surface area contributed by atoms with Crippen LogP contribution in [-0.4, -0.2) is 26.0 Å². The summed E-state index contributed by atoms with van der Waals surface area (Å²) in [6.07, 6.45) is 6.22. The van der Waals surface area contributed by atoms with Gasteiger partial charge in [0.15, 0.2) is 0 Å². The zero-order valence-electron chi connectivity index (χ0n) is 23.5. The molecule has 1 nitrogen and oxygen atoms in total. The van der Waals surface area contributed by atoms with Gasteiger partial charge in [0.05, 0.1) is 0 Å². The molecule has 0 atom stereocenters. The molecule has 0 unspecified atom stereocenters. The van der Waals surface area contributed by atoms with Gasteiger partial charge in [0.2, 0.25) is 0 Å². The zero-order chi connectivity index (χ0) is 27.0. The van der Waals surface area contributed by atoms with Gasteiger partial charge in [0, 0.05) is 0 Å². The monoisotopic (exact) mass is 509 g/mol. The van der Waals surface area contributed by atoms with Gasteiger partial charge in [-0.3, -0.25) is 0 Å². The van der Waals surface area contributed by atoms with E-state index < -0.39 is 0 Å². The summed E-state index contributed by atoms with van der Waals surface area (Å²) in [5, 5.41) is 8.32. The molecule has 0 spiro atoms. The van der Waals surface area contributed by atoms with Crippen molar-refractivity contribution in [2.45, 2.75) is 32.1 Å². The third-order valence-corrected chi connectivity index (χ3v) is 7.37. The Morgan fingerprint density at radius 1 is 0.487 bits per heavy atom. The van der Waals surface area contributed by atoms with E-state index >= 15 is 0 Å². The molecule has 0 saturated heterocycles. The Bertz CT molecular complexity index is 1660. The van der Waals surface area contributed by atoms with Crippen LogP contribution in [0.3, 0.4) is 0 Å². The number of benzene rings is 6. The topological polar surface area (TPSA) is 3.24 Å². The molecule has 196 valence electrons. The maximum absolute atomic E-state index is 2.35. The van der Waals surface area contributed by atoms with E-state index in [9.17, 15) is 0 Å². The fourth-order valence-electron chi connectivity index (χ4n) is 5.60. The first-order valence-corrected chi connectivity index (χ1v) is 14.1. The van der Waals surface area contributed by atoms with Gasteiger partial charge < -0.3 is 4.90 Å². The summed E-state index contributed by atoms with van der Waals surface area (Å²) in [7, 11) is 6.00. The molecule has 0 heterocycles. The number of rotatable bonds is 2. The van der Waals surface area contributed by atoms with Crippen LogP contribution in [0.25, 0.3) is 32.3 Å². The number of aryl methyl sites for hydroxylation is 2. The molecule has 7 rings (SSSR count). The van der Waals surface area contributed by atoms with Crippen molar-refractivity contribution >= 4 is 32.3 Å². The lowest BCUT2D eigenvalue weighted by atomic mass is 9.86. The van der Waals surface area contributed by atoms with Crippen molar-refractivity contribution in [3.05, 3.63) is 144 Å². The van der Waals surface area contributed by atoms with Crippen LogP contribution in [-0.2, 0) is 19.3 Å². The van der Waals surface area contributed by atoms with E-state index in [1.54, 1.807) is 11.1 Å². The molecule has 6 aromatic carbocycles. The van der Waals surface area contributed by atoms with Crippen molar-refractivity contribution in [3.63, 3.8) is 0 Å². The van der Waals surface area contributed by atoms with E-state index in [2.05, 4.69) is 121 Å². The Morgan fingerprint density at radius 2 is 1.08 bits per heavy atom. The number of fused-ring (bicyclic) bond motifs is 6. The van der Waals surface area contributed by atoms with Crippen LogP contribution in [0.2, 0.25) is 0 Å². The Balaban J connectivity index is 0.000000140. The van der Waals surface area contributed by atoms with Crippen LogP contribution in [0.4, 0.5) is 0 Å². The molecule has 0 bridgehead atoms. The van der Waals surface area contributed by atoms with Crippen molar-refractivity contribution in [2.24, 2.45) is 0 Å². The second-order valence-electron chi connectivity index (χ2n) is 10.9. The molecule has 1 heteroatoms. The summed E-state index contributed by atoms with van der Waals surface area (Å²) in [5.41, 5.74) is 5.94. The van der Waals surface area contributed by atoms with Crippen molar-refractivity contribution in [1.82, 2.24) is 4.90 Å². The predicted octanol–water partition coefficient (Wildman–Crippen LogP) is 9.48. The van der Waals surface area contributed by atoms with Crippen LogP contribution in [0.1, 0.15) is 35.1 Å². The van der Waals surface area contributed by atoms with Gasteiger partial charge in [0.1, 0.15) is 0 Å². The highest BCUT2D eigenvalue weighted by Gasteiger charge is 2.13. The van der Waals surface area contributed by atoms with Crippen LogP contribution in [0, 0.1) is 0 Å². The van der Waals surface area contributed by atoms with Crippen molar-refractivity contribution < 1.29 is 0 Å². The smallest absolute Gasteiger partial charge is 0.00196 e. The molecule has 0 amide bonds. The fraction of sp³-hybridized carbons (Fsp3) is 0.211. The van der Waals surface area contributed by atoms with E-state index in [1.165, 1.54) is 69.1 Å². The summed E-state index contributed by atoms with van der Waals surface area (Å²) < 4.78 is 0. The molecule has 39 heavy (non-hydrogen) atoms. The minimum atomic E-state index is 1.00. The highest BCUT2D eigenvalue weighted by atomic mass is 15.0. The van der Waals surface area contributed by atoms with Gasteiger partial charge in [-0.15, -0.1) is 0 Å². The first-order valence-electron chi connectivity index (χ1n) is 14.1. The lowest BCUT2D eigenvalue weighted by molar-refractivity contribution is 0.505. The van der Waals surface area contributed by atoms with E-state index in [1.807, 2.05) is 26.0 Å². The second-order valence-corrected chi connectivity index (χ2v) is 10.9. The van der Waals surface area contributed by atoms with Gasteiger partial charge in [-0.1, -0.05) is 121 Å². The summed E-state index contributed by atoms with van der Waals surface area (Å²) in [6, 6.07) is 43.7. The van der Waals surface area contributed by atoms with Crippen LogP contribution in [0.5, 0.6) is 0 Å². The molecule has 1 aliphatic rings. The Labute approximate surface area is 233 Å². The predicted molar refractivity (Wildman–Crippen MR) is 171 cm³/mol. The minimum absolute atomic E-state index is 1.00.